The minimum absolute atomic E-state index is 0.586. The number of anilines is 1. The number of aromatic nitrogens is 2. The molecule has 0 saturated heterocycles. The van der Waals surface area contributed by atoms with E-state index in [0.717, 1.165) is 28.3 Å². The molecule has 0 atom stereocenters. The number of hydrogen-bond donors (Lipinski definition) is 0. The van der Waals surface area contributed by atoms with Gasteiger partial charge in [0, 0.05) is 14.1 Å². The highest BCUT2D eigenvalue weighted by atomic mass is 15.4. The van der Waals surface area contributed by atoms with Gasteiger partial charge < -0.3 is 4.90 Å². The van der Waals surface area contributed by atoms with Crippen LogP contribution in [-0.2, 0) is 0 Å². The van der Waals surface area contributed by atoms with Crippen LogP contribution in [0.5, 0.6) is 0 Å². The summed E-state index contributed by atoms with van der Waals surface area (Å²) in [7, 11) is 4.03. The van der Waals surface area contributed by atoms with Gasteiger partial charge in [-0.15, -0.1) is 15.3 Å². The number of hydrogen-bond acceptors (Lipinski definition) is 4. The summed E-state index contributed by atoms with van der Waals surface area (Å²) in [4.78, 5) is 2.06. The number of azo groups is 1. The molecule has 0 bridgehead atoms. The number of rotatable bonds is 5. The summed E-state index contributed by atoms with van der Waals surface area (Å²) in [6.45, 7) is 0. The second-order valence-electron chi connectivity index (χ2n) is 6.57. The first-order valence-corrected chi connectivity index (χ1v) is 9.12. The van der Waals surface area contributed by atoms with Crippen LogP contribution in [0.1, 0.15) is 0 Å². The molecule has 1 heterocycles. The number of nitrogens with zero attached hydrogens (tertiary/aromatic N) is 5. The Kier molecular flexibility index (Phi) is 4.97. The van der Waals surface area contributed by atoms with Crippen LogP contribution in [0.25, 0.3) is 16.8 Å². The first-order chi connectivity index (χ1) is 13.7. The van der Waals surface area contributed by atoms with Crippen molar-refractivity contribution in [3.05, 3.63) is 91.0 Å². The highest BCUT2D eigenvalue weighted by Crippen LogP contribution is 2.40. The highest BCUT2D eigenvalue weighted by Gasteiger charge is 2.22. The van der Waals surface area contributed by atoms with Gasteiger partial charge in [-0.05, 0) is 29.8 Å². The van der Waals surface area contributed by atoms with Crippen LogP contribution in [0.2, 0.25) is 0 Å². The van der Waals surface area contributed by atoms with Crippen LogP contribution in [0.15, 0.2) is 101 Å². The first kappa shape index (κ1) is 17.7. The summed E-state index contributed by atoms with van der Waals surface area (Å²) >= 11 is 0. The fourth-order valence-corrected chi connectivity index (χ4v) is 3.09. The Bertz CT molecular complexity index is 1070. The molecule has 4 rings (SSSR count). The molecular formula is C23H21N5. The van der Waals surface area contributed by atoms with Gasteiger partial charge in [0.15, 0.2) is 0 Å². The predicted octanol–water partition coefficient (Wildman–Crippen LogP) is 6.02. The van der Waals surface area contributed by atoms with E-state index in [4.69, 9.17) is 5.10 Å². The van der Waals surface area contributed by atoms with E-state index >= 15 is 0 Å². The zero-order valence-electron chi connectivity index (χ0n) is 15.9. The van der Waals surface area contributed by atoms with Crippen molar-refractivity contribution in [1.82, 2.24) is 9.78 Å². The molecule has 5 heteroatoms. The molecule has 0 radical (unpaired) electrons. The fourth-order valence-electron chi connectivity index (χ4n) is 3.09. The molecule has 0 unspecified atom stereocenters. The molecular weight excluding hydrogens is 346 g/mol. The molecule has 0 spiro atoms. The van der Waals surface area contributed by atoms with Gasteiger partial charge in [0.25, 0.3) is 0 Å². The van der Waals surface area contributed by atoms with Crippen molar-refractivity contribution >= 4 is 17.3 Å². The Morgan fingerprint density at radius 3 is 1.89 bits per heavy atom. The van der Waals surface area contributed by atoms with Gasteiger partial charge in [-0.1, -0.05) is 66.7 Å². The zero-order chi connectivity index (χ0) is 19.3. The fraction of sp³-hybridized carbons (Fsp3) is 0.0870. The summed E-state index contributed by atoms with van der Waals surface area (Å²) in [5, 5.41) is 13.7. The van der Waals surface area contributed by atoms with E-state index in [1.165, 1.54) is 0 Å². The average Bonchev–Trinajstić information content (AvgIpc) is 3.14. The van der Waals surface area contributed by atoms with Crippen LogP contribution in [0.4, 0.5) is 17.3 Å². The maximum atomic E-state index is 4.81. The van der Waals surface area contributed by atoms with Crippen molar-refractivity contribution in [3.63, 3.8) is 0 Å². The van der Waals surface area contributed by atoms with Crippen LogP contribution >= 0.6 is 0 Å². The smallest absolute Gasteiger partial charge is 0.206 e. The predicted molar refractivity (Wildman–Crippen MR) is 114 cm³/mol. The van der Waals surface area contributed by atoms with Gasteiger partial charge in [0.1, 0.15) is 5.82 Å². The molecule has 0 amide bonds. The molecule has 0 fully saturated rings. The van der Waals surface area contributed by atoms with E-state index < -0.39 is 0 Å². The lowest BCUT2D eigenvalue weighted by Crippen LogP contribution is -2.15. The van der Waals surface area contributed by atoms with Gasteiger partial charge in [-0.25, -0.2) is 4.68 Å². The van der Waals surface area contributed by atoms with Crippen LogP contribution < -0.4 is 4.90 Å². The SMILES string of the molecule is CN(C)c1c(-c2ccccc2)c(N=Nc2ccccc2)nn1-c1ccccc1. The second kappa shape index (κ2) is 7.88. The van der Waals surface area contributed by atoms with Gasteiger partial charge in [-0.2, -0.15) is 0 Å². The molecule has 0 aliphatic rings. The third kappa shape index (κ3) is 3.55. The van der Waals surface area contributed by atoms with Gasteiger partial charge >= 0.3 is 0 Å². The van der Waals surface area contributed by atoms with Crippen molar-refractivity contribution in [2.75, 3.05) is 19.0 Å². The van der Waals surface area contributed by atoms with E-state index in [1.807, 2.05) is 97.6 Å². The molecule has 0 aliphatic heterocycles. The normalized spacial score (nSPS) is 11.1. The summed E-state index contributed by atoms with van der Waals surface area (Å²) in [6, 6.07) is 30.0. The Morgan fingerprint density at radius 2 is 1.29 bits per heavy atom. The van der Waals surface area contributed by atoms with Crippen molar-refractivity contribution in [1.29, 1.82) is 0 Å². The lowest BCUT2D eigenvalue weighted by atomic mass is 10.1. The maximum absolute atomic E-state index is 4.81. The van der Waals surface area contributed by atoms with E-state index in [9.17, 15) is 0 Å². The summed E-state index contributed by atoms with van der Waals surface area (Å²) in [5.74, 6) is 1.54. The Balaban J connectivity index is 1.92. The van der Waals surface area contributed by atoms with Crippen LogP contribution in [-0.4, -0.2) is 23.9 Å². The third-order valence-corrected chi connectivity index (χ3v) is 4.35. The Morgan fingerprint density at radius 1 is 0.714 bits per heavy atom. The first-order valence-electron chi connectivity index (χ1n) is 9.12. The average molecular weight is 367 g/mol. The minimum Gasteiger partial charge on any atom is -0.362 e. The number of para-hydroxylation sites is 1. The molecule has 0 aliphatic carbocycles. The molecule has 3 aromatic carbocycles. The quantitative estimate of drug-likeness (QED) is 0.405. The molecule has 4 aromatic rings. The molecule has 28 heavy (non-hydrogen) atoms. The van der Waals surface area contributed by atoms with Crippen molar-refractivity contribution < 1.29 is 0 Å². The van der Waals surface area contributed by atoms with Crippen molar-refractivity contribution in [2.24, 2.45) is 10.2 Å². The summed E-state index contributed by atoms with van der Waals surface area (Å²) < 4.78 is 1.92. The lowest BCUT2D eigenvalue weighted by molar-refractivity contribution is 0.851. The van der Waals surface area contributed by atoms with Gasteiger partial charge in [0.2, 0.25) is 5.82 Å². The zero-order valence-corrected chi connectivity index (χ0v) is 15.9. The molecule has 0 saturated carbocycles. The van der Waals surface area contributed by atoms with Gasteiger partial charge in [0.05, 0.1) is 16.9 Å². The maximum Gasteiger partial charge on any atom is 0.206 e. The van der Waals surface area contributed by atoms with Crippen LogP contribution in [0, 0.1) is 0 Å². The minimum atomic E-state index is 0.586. The molecule has 1 aromatic heterocycles. The van der Waals surface area contributed by atoms with E-state index in [2.05, 4.69) is 27.3 Å². The third-order valence-electron chi connectivity index (χ3n) is 4.35. The van der Waals surface area contributed by atoms with E-state index in [-0.39, 0.29) is 0 Å². The molecule has 5 nitrogen and oxygen atoms in total. The molecule has 138 valence electrons. The summed E-state index contributed by atoms with van der Waals surface area (Å²) in [5.41, 5.74) is 3.77. The Hall–Kier alpha value is -3.73. The van der Waals surface area contributed by atoms with Gasteiger partial charge in [-0.3, -0.25) is 0 Å². The van der Waals surface area contributed by atoms with Crippen molar-refractivity contribution in [3.8, 4) is 16.8 Å². The molecule has 0 N–H and O–H groups in total. The second-order valence-corrected chi connectivity index (χ2v) is 6.57. The summed E-state index contributed by atoms with van der Waals surface area (Å²) in [6.07, 6.45) is 0. The van der Waals surface area contributed by atoms with E-state index in [0.29, 0.717) is 5.82 Å². The topological polar surface area (TPSA) is 45.8 Å². The monoisotopic (exact) mass is 367 g/mol. The van der Waals surface area contributed by atoms with Crippen molar-refractivity contribution in [2.45, 2.75) is 0 Å². The van der Waals surface area contributed by atoms with Crippen LogP contribution in [0.3, 0.4) is 0 Å². The standard InChI is InChI=1S/C23H21N5/c1-27(2)23-21(18-12-6-3-7-13-18)22(25-24-19-14-8-4-9-15-19)26-28(23)20-16-10-5-11-17-20/h3-17H,1-2H3. The lowest BCUT2D eigenvalue weighted by Gasteiger charge is -2.17. The largest absolute Gasteiger partial charge is 0.362 e. The number of benzene rings is 3. The Labute approximate surface area is 164 Å². The highest BCUT2D eigenvalue weighted by molar-refractivity contribution is 5.85. The van der Waals surface area contributed by atoms with E-state index in [1.54, 1.807) is 0 Å².